The third-order valence-electron chi connectivity index (χ3n) is 2.34. The molecule has 0 aromatic carbocycles. The van der Waals surface area contributed by atoms with E-state index in [4.69, 9.17) is 0 Å². The zero-order valence-corrected chi connectivity index (χ0v) is 13.3. The van der Waals surface area contributed by atoms with E-state index >= 15 is 0 Å². The molecule has 6 nitrogen and oxygen atoms in total. The van der Waals surface area contributed by atoms with Gasteiger partial charge in [-0.15, -0.1) is 11.3 Å². The number of nitrogens with one attached hydrogen (secondary N) is 1. The quantitative estimate of drug-likeness (QED) is 0.762. The van der Waals surface area contributed by atoms with E-state index < -0.39 is 16.0 Å². The molecule has 1 aromatic heterocycles. The van der Waals surface area contributed by atoms with Crippen molar-refractivity contribution in [3.63, 3.8) is 0 Å². The first-order valence-electron chi connectivity index (χ1n) is 5.49. The van der Waals surface area contributed by atoms with Crippen LogP contribution in [0.5, 0.6) is 0 Å². The Morgan fingerprint density at radius 1 is 1.63 bits per heavy atom. The Morgan fingerprint density at radius 3 is 2.84 bits per heavy atom. The largest absolute Gasteiger partial charge is 0.464 e. The maximum Gasteiger partial charge on any atom is 0.358 e. The number of hydrogen-bond acceptors (Lipinski definition) is 7. The molecule has 0 radical (unpaired) electrons. The number of thiazole rings is 1. The number of thioether (sulfide) groups is 1. The van der Waals surface area contributed by atoms with Crippen molar-refractivity contribution >= 4 is 39.1 Å². The van der Waals surface area contributed by atoms with Crippen molar-refractivity contribution < 1.29 is 17.9 Å². The van der Waals surface area contributed by atoms with E-state index in [0.717, 1.165) is 11.3 Å². The Morgan fingerprint density at radius 2 is 2.32 bits per heavy atom. The number of carbonyl (C=O) groups is 1. The fourth-order valence-corrected chi connectivity index (χ4v) is 4.66. The molecule has 0 saturated heterocycles. The molecule has 1 rings (SSSR count). The number of esters is 1. The molecule has 19 heavy (non-hydrogen) atoms. The second-order valence-electron chi connectivity index (χ2n) is 3.66. The van der Waals surface area contributed by atoms with Gasteiger partial charge in [-0.25, -0.2) is 22.9 Å². The lowest BCUT2D eigenvalue weighted by atomic mass is 10.3. The lowest BCUT2D eigenvalue weighted by Gasteiger charge is -2.15. The fraction of sp³-hybridized carbons (Fsp3) is 0.600. The number of nitrogens with zero attached hydrogens (tertiary/aromatic N) is 1. The zero-order chi connectivity index (χ0) is 14.5. The summed E-state index contributed by atoms with van der Waals surface area (Å²) in [7, 11) is -2.56. The van der Waals surface area contributed by atoms with E-state index in [1.165, 1.54) is 12.6 Å². The van der Waals surface area contributed by atoms with Crippen molar-refractivity contribution in [2.75, 3.05) is 19.1 Å². The summed E-state index contributed by atoms with van der Waals surface area (Å²) >= 11 is 2.46. The van der Waals surface area contributed by atoms with Crippen molar-refractivity contribution in [2.45, 2.75) is 23.6 Å². The van der Waals surface area contributed by atoms with Gasteiger partial charge in [-0.1, -0.05) is 6.92 Å². The molecule has 108 valence electrons. The molecule has 0 bridgehead atoms. The predicted octanol–water partition coefficient (Wildman–Crippen LogP) is 1.35. The van der Waals surface area contributed by atoms with E-state index in [1.54, 1.807) is 11.8 Å². The number of sulfonamides is 1. The van der Waals surface area contributed by atoms with Crippen molar-refractivity contribution in [3.05, 3.63) is 11.2 Å². The Bertz CT molecular complexity index is 527. The molecular formula is C10H16N2O4S3. The van der Waals surface area contributed by atoms with E-state index in [1.807, 2.05) is 13.2 Å². The first-order chi connectivity index (χ1) is 8.96. The summed E-state index contributed by atoms with van der Waals surface area (Å²) < 4.78 is 31.4. The zero-order valence-electron chi connectivity index (χ0n) is 10.9. The third kappa shape index (κ3) is 4.16. The van der Waals surface area contributed by atoms with Gasteiger partial charge in [-0.3, -0.25) is 0 Å². The number of aromatic nitrogens is 1. The number of rotatable bonds is 7. The molecule has 0 fully saturated rings. The van der Waals surface area contributed by atoms with Gasteiger partial charge in [0.2, 0.25) is 0 Å². The van der Waals surface area contributed by atoms with Crippen LogP contribution in [0.4, 0.5) is 0 Å². The molecule has 0 aliphatic rings. The number of hydrogen-bond donors (Lipinski definition) is 1. The molecule has 9 heteroatoms. The highest BCUT2D eigenvalue weighted by Gasteiger charge is 2.28. The summed E-state index contributed by atoms with van der Waals surface area (Å²) in [5, 5.41) is 0. The van der Waals surface area contributed by atoms with Crippen LogP contribution in [-0.4, -0.2) is 44.5 Å². The van der Waals surface area contributed by atoms with Crippen LogP contribution in [0.3, 0.4) is 0 Å². The molecule has 1 heterocycles. The van der Waals surface area contributed by atoms with E-state index in [-0.39, 0.29) is 15.9 Å². The van der Waals surface area contributed by atoms with Crippen LogP contribution in [0.25, 0.3) is 0 Å². The van der Waals surface area contributed by atoms with Crippen LogP contribution in [0.2, 0.25) is 0 Å². The van der Waals surface area contributed by atoms with Crippen LogP contribution < -0.4 is 4.72 Å². The number of methoxy groups -OCH3 is 1. The monoisotopic (exact) mass is 324 g/mol. The third-order valence-corrected chi connectivity index (χ3v) is 5.97. The Hall–Kier alpha value is -0.640. The molecule has 1 N–H and O–H groups in total. The van der Waals surface area contributed by atoms with Gasteiger partial charge in [0.05, 0.1) is 12.6 Å². The minimum absolute atomic E-state index is 0.0982. The molecule has 1 atom stereocenters. The first-order valence-corrected chi connectivity index (χ1v) is 9.25. The number of carbonyl (C=O) groups excluding carboxylic acids is 1. The van der Waals surface area contributed by atoms with Crippen LogP contribution in [0, 0.1) is 0 Å². The smallest absolute Gasteiger partial charge is 0.358 e. The highest BCUT2D eigenvalue weighted by atomic mass is 32.2. The Kier molecular flexibility index (Phi) is 6.24. The second-order valence-corrected chi connectivity index (χ2v) is 7.34. The van der Waals surface area contributed by atoms with Crippen molar-refractivity contribution in [1.82, 2.24) is 9.71 Å². The summed E-state index contributed by atoms with van der Waals surface area (Å²) in [5.74, 6) is -0.0817. The van der Waals surface area contributed by atoms with E-state index in [0.29, 0.717) is 12.2 Å². The van der Waals surface area contributed by atoms with Gasteiger partial charge in [0, 0.05) is 11.8 Å². The molecule has 0 spiro atoms. The Labute approximate surface area is 121 Å². The van der Waals surface area contributed by atoms with Gasteiger partial charge in [-0.05, 0) is 12.7 Å². The molecule has 0 aliphatic heterocycles. The molecule has 1 unspecified atom stereocenters. The lowest BCUT2D eigenvalue weighted by Crippen LogP contribution is -2.36. The topological polar surface area (TPSA) is 85.4 Å². The van der Waals surface area contributed by atoms with E-state index in [9.17, 15) is 13.2 Å². The van der Waals surface area contributed by atoms with Gasteiger partial charge in [-0.2, -0.15) is 11.8 Å². The summed E-state index contributed by atoms with van der Waals surface area (Å²) in [5.41, 5.74) is 1.15. The highest BCUT2D eigenvalue weighted by Crippen LogP contribution is 2.21. The minimum Gasteiger partial charge on any atom is -0.464 e. The molecule has 1 aromatic rings. The summed E-state index contributed by atoms with van der Waals surface area (Å²) in [6.07, 6.45) is 2.58. The van der Waals surface area contributed by atoms with Gasteiger partial charge in [0.15, 0.2) is 9.90 Å². The molecule has 0 aliphatic carbocycles. The van der Waals surface area contributed by atoms with Crippen molar-refractivity contribution in [3.8, 4) is 0 Å². The van der Waals surface area contributed by atoms with Gasteiger partial charge >= 0.3 is 5.97 Å². The maximum absolute atomic E-state index is 12.2. The molecule has 0 saturated carbocycles. The minimum atomic E-state index is -3.74. The Balaban J connectivity index is 3.00. The fourth-order valence-electron chi connectivity index (χ4n) is 1.37. The second kappa shape index (κ2) is 7.22. The van der Waals surface area contributed by atoms with Gasteiger partial charge < -0.3 is 4.74 Å². The molecular weight excluding hydrogens is 308 g/mol. The average Bonchev–Trinajstić information content (AvgIpc) is 2.87. The normalized spacial score (nSPS) is 13.2. The van der Waals surface area contributed by atoms with Crippen LogP contribution >= 0.6 is 23.1 Å². The lowest BCUT2D eigenvalue weighted by molar-refractivity contribution is 0.0590. The van der Waals surface area contributed by atoms with Crippen LogP contribution in [0.1, 0.15) is 23.8 Å². The summed E-state index contributed by atoms with van der Waals surface area (Å²) in [6.45, 7) is 1.90. The van der Waals surface area contributed by atoms with Crippen LogP contribution in [-0.2, 0) is 14.8 Å². The predicted molar refractivity (Wildman–Crippen MR) is 76.2 cm³/mol. The average molecular weight is 324 g/mol. The van der Waals surface area contributed by atoms with E-state index in [2.05, 4.69) is 14.4 Å². The first kappa shape index (κ1) is 16.4. The molecule has 0 amide bonds. The SMILES string of the molecule is CCC(CSC)NS(=O)(=O)c1scnc1C(=O)OC. The maximum atomic E-state index is 12.2. The summed E-state index contributed by atoms with van der Waals surface area (Å²) in [6, 6.07) is -0.174. The highest BCUT2D eigenvalue weighted by molar-refractivity contribution is 7.98. The standard InChI is InChI=1S/C10H16N2O4S3/c1-4-7(5-17-3)12-19(14,15)10-8(9(13)16-2)11-6-18-10/h6-7,12H,4-5H2,1-3H3. The van der Waals surface area contributed by atoms with Gasteiger partial charge in [0.1, 0.15) is 0 Å². The van der Waals surface area contributed by atoms with Gasteiger partial charge in [0.25, 0.3) is 10.0 Å². The van der Waals surface area contributed by atoms with Crippen molar-refractivity contribution in [1.29, 1.82) is 0 Å². The summed E-state index contributed by atoms with van der Waals surface area (Å²) in [4.78, 5) is 15.2. The number of ether oxygens (including phenoxy) is 1. The van der Waals surface area contributed by atoms with Crippen molar-refractivity contribution in [2.24, 2.45) is 0 Å². The van der Waals surface area contributed by atoms with Crippen LogP contribution in [0.15, 0.2) is 9.72 Å².